The Bertz CT molecular complexity index is 852. The first-order valence-corrected chi connectivity index (χ1v) is 7.89. The summed E-state index contributed by atoms with van der Waals surface area (Å²) in [5, 5.41) is 8.71. The number of carboxylic acid groups (broad SMARTS) is 1. The van der Waals surface area contributed by atoms with Crippen LogP contribution in [0.5, 0.6) is 0 Å². The Morgan fingerprint density at radius 1 is 1.27 bits per heavy atom. The maximum absolute atomic E-state index is 13.8. The summed E-state index contributed by atoms with van der Waals surface area (Å²) in [5.74, 6) is -2.25. The van der Waals surface area contributed by atoms with Crippen LogP contribution in [-0.4, -0.2) is 19.5 Å². The molecule has 0 spiro atoms. The molecular formula is C14H11ClFNO4S. The number of hydrogen-bond acceptors (Lipinski definition) is 3. The zero-order chi connectivity index (χ0) is 16.5. The lowest BCUT2D eigenvalue weighted by Gasteiger charge is -2.11. The van der Waals surface area contributed by atoms with Gasteiger partial charge in [0, 0.05) is 5.69 Å². The molecule has 0 heterocycles. The maximum atomic E-state index is 13.8. The Kier molecular flexibility index (Phi) is 4.39. The van der Waals surface area contributed by atoms with E-state index in [1.54, 1.807) is 6.92 Å². The normalized spacial score (nSPS) is 11.2. The van der Waals surface area contributed by atoms with Crippen molar-refractivity contribution < 1.29 is 22.7 Å². The molecule has 2 rings (SSSR count). The predicted molar refractivity (Wildman–Crippen MR) is 80.4 cm³/mol. The highest BCUT2D eigenvalue weighted by Crippen LogP contribution is 2.25. The summed E-state index contributed by atoms with van der Waals surface area (Å²) in [7, 11) is -4.22. The minimum Gasteiger partial charge on any atom is -0.478 e. The van der Waals surface area contributed by atoms with Gasteiger partial charge in [-0.3, -0.25) is 4.72 Å². The van der Waals surface area contributed by atoms with Gasteiger partial charge in [0.25, 0.3) is 10.0 Å². The van der Waals surface area contributed by atoms with Crippen LogP contribution >= 0.6 is 11.6 Å². The molecule has 0 saturated heterocycles. The monoisotopic (exact) mass is 343 g/mol. The molecule has 22 heavy (non-hydrogen) atoms. The molecule has 0 aromatic heterocycles. The van der Waals surface area contributed by atoms with Crippen LogP contribution < -0.4 is 4.72 Å². The van der Waals surface area contributed by atoms with Crippen LogP contribution in [0.3, 0.4) is 0 Å². The number of hydrogen-bond donors (Lipinski definition) is 2. The van der Waals surface area contributed by atoms with Crippen molar-refractivity contribution in [3.63, 3.8) is 0 Å². The number of carboxylic acids is 1. The van der Waals surface area contributed by atoms with E-state index in [1.165, 1.54) is 24.3 Å². The molecule has 0 fully saturated rings. The highest BCUT2D eigenvalue weighted by Gasteiger charge is 2.21. The van der Waals surface area contributed by atoms with Crippen LogP contribution in [-0.2, 0) is 10.0 Å². The number of nitrogens with one attached hydrogen (secondary N) is 1. The summed E-state index contributed by atoms with van der Waals surface area (Å²) < 4.78 is 40.3. The van der Waals surface area contributed by atoms with Gasteiger partial charge in [-0.05, 0) is 36.8 Å². The van der Waals surface area contributed by atoms with E-state index < -0.39 is 26.7 Å². The standard InChI is InChI=1S/C14H11ClFNO4S/c1-8-5-6-9(7-10(8)14(18)19)17-22(20,21)12-4-2-3-11(15)13(12)16/h2-7,17H,1H3,(H,18,19). The molecule has 2 N–H and O–H groups in total. The van der Waals surface area contributed by atoms with E-state index in [9.17, 15) is 17.6 Å². The van der Waals surface area contributed by atoms with E-state index in [1.807, 2.05) is 0 Å². The Balaban J connectivity index is 2.43. The smallest absolute Gasteiger partial charge is 0.336 e. The molecule has 0 unspecified atom stereocenters. The fourth-order valence-corrected chi connectivity index (χ4v) is 3.20. The van der Waals surface area contributed by atoms with E-state index in [2.05, 4.69) is 4.72 Å². The second-order valence-electron chi connectivity index (χ2n) is 4.49. The molecule has 0 aliphatic rings. The minimum atomic E-state index is -4.22. The minimum absolute atomic E-state index is 0.0161. The quantitative estimate of drug-likeness (QED) is 0.892. The third-order valence-electron chi connectivity index (χ3n) is 2.93. The number of benzene rings is 2. The first-order chi connectivity index (χ1) is 10.2. The summed E-state index contributed by atoms with van der Waals surface area (Å²) in [6, 6.07) is 7.60. The second kappa shape index (κ2) is 5.94. The van der Waals surface area contributed by atoms with Crippen LogP contribution in [0, 0.1) is 12.7 Å². The van der Waals surface area contributed by atoms with Crippen molar-refractivity contribution in [2.45, 2.75) is 11.8 Å². The van der Waals surface area contributed by atoms with Gasteiger partial charge in [0.2, 0.25) is 0 Å². The molecule has 0 saturated carbocycles. The highest BCUT2D eigenvalue weighted by molar-refractivity contribution is 7.92. The van der Waals surface area contributed by atoms with Gasteiger partial charge in [-0.2, -0.15) is 0 Å². The van der Waals surface area contributed by atoms with Crippen LogP contribution in [0.4, 0.5) is 10.1 Å². The van der Waals surface area contributed by atoms with E-state index in [4.69, 9.17) is 16.7 Å². The number of carbonyl (C=O) groups is 1. The lowest BCUT2D eigenvalue weighted by Crippen LogP contribution is -2.15. The fraction of sp³-hybridized carbons (Fsp3) is 0.0714. The van der Waals surface area contributed by atoms with Gasteiger partial charge in [0.05, 0.1) is 10.6 Å². The number of sulfonamides is 1. The van der Waals surface area contributed by atoms with Crippen molar-refractivity contribution >= 4 is 33.3 Å². The zero-order valence-electron chi connectivity index (χ0n) is 11.3. The Labute approximate surface area is 131 Å². The summed E-state index contributed by atoms with van der Waals surface area (Å²) in [6.45, 7) is 1.58. The Morgan fingerprint density at radius 3 is 2.59 bits per heavy atom. The van der Waals surface area contributed by atoms with Crippen LogP contribution in [0.2, 0.25) is 5.02 Å². The van der Waals surface area contributed by atoms with Crippen molar-refractivity contribution in [2.24, 2.45) is 0 Å². The van der Waals surface area contributed by atoms with E-state index in [0.29, 0.717) is 5.56 Å². The Morgan fingerprint density at radius 2 is 1.95 bits per heavy atom. The molecular weight excluding hydrogens is 333 g/mol. The SMILES string of the molecule is Cc1ccc(NS(=O)(=O)c2cccc(Cl)c2F)cc1C(=O)O. The van der Waals surface area contributed by atoms with Gasteiger partial charge in [0.1, 0.15) is 4.90 Å². The summed E-state index contributed by atoms with van der Waals surface area (Å²) in [5.41, 5.74) is 0.443. The first-order valence-electron chi connectivity index (χ1n) is 6.03. The topological polar surface area (TPSA) is 83.5 Å². The van der Waals surface area contributed by atoms with Crippen molar-refractivity contribution in [3.8, 4) is 0 Å². The van der Waals surface area contributed by atoms with Crippen LogP contribution in [0.15, 0.2) is 41.3 Å². The molecule has 0 aliphatic heterocycles. The van der Waals surface area contributed by atoms with E-state index in [-0.39, 0.29) is 16.3 Å². The lowest BCUT2D eigenvalue weighted by molar-refractivity contribution is 0.0696. The van der Waals surface area contributed by atoms with Crippen LogP contribution in [0.1, 0.15) is 15.9 Å². The third kappa shape index (κ3) is 3.20. The summed E-state index contributed by atoms with van der Waals surface area (Å²) in [6.07, 6.45) is 0. The second-order valence-corrected chi connectivity index (χ2v) is 6.55. The fourth-order valence-electron chi connectivity index (χ4n) is 1.82. The molecule has 0 amide bonds. The van der Waals surface area contributed by atoms with Crippen molar-refractivity contribution in [1.29, 1.82) is 0 Å². The van der Waals surface area contributed by atoms with Gasteiger partial charge >= 0.3 is 5.97 Å². The zero-order valence-corrected chi connectivity index (χ0v) is 12.9. The summed E-state index contributed by atoms with van der Waals surface area (Å²) in [4.78, 5) is 10.4. The van der Waals surface area contributed by atoms with Gasteiger partial charge in [-0.15, -0.1) is 0 Å². The molecule has 2 aromatic rings. The van der Waals surface area contributed by atoms with Gasteiger partial charge < -0.3 is 5.11 Å². The Hall–Kier alpha value is -2.12. The lowest BCUT2D eigenvalue weighted by atomic mass is 10.1. The molecule has 0 atom stereocenters. The average Bonchev–Trinajstić information content (AvgIpc) is 2.43. The van der Waals surface area contributed by atoms with Crippen molar-refractivity contribution in [2.75, 3.05) is 4.72 Å². The largest absolute Gasteiger partial charge is 0.478 e. The summed E-state index contributed by atoms with van der Waals surface area (Å²) >= 11 is 5.57. The highest BCUT2D eigenvalue weighted by atomic mass is 35.5. The maximum Gasteiger partial charge on any atom is 0.336 e. The number of anilines is 1. The molecule has 0 aliphatic carbocycles. The number of aromatic carboxylic acids is 1. The van der Waals surface area contributed by atoms with E-state index in [0.717, 1.165) is 12.1 Å². The molecule has 5 nitrogen and oxygen atoms in total. The van der Waals surface area contributed by atoms with Crippen molar-refractivity contribution in [3.05, 3.63) is 58.4 Å². The average molecular weight is 344 g/mol. The molecule has 2 aromatic carbocycles. The van der Waals surface area contributed by atoms with Gasteiger partial charge in [-0.1, -0.05) is 23.7 Å². The molecule has 0 bridgehead atoms. The predicted octanol–water partition coefficient (Wildman–Crippen LogP) is 3.29. The number of halogens is 2. The van der Waals surface area contributed by atoms with Crippen molar-refractivity contribution in [1.82, 2.24) is 0 Å². The number of rotatable bonds is 4. The molecule has 0 radical (unpaired) electrons. The van der Waals surface area contributed by atoms with Gasteiger partial charge in [0.15, 0.2) is 5.82 Å². The third-order valence-corrected chi connectivity index (χ3v) is 4.62. The molecule has 116 valence electrons. The molecule has 8 heteroatoms. The van der Waals surface area contributed by atoms with Gasteiger partial charge in [-0.25, -0.2) is 17.6 Å². The first kappa shape index (κ1) is 16.3. The number of aryl methyl sites for hydroxylation is 1. The van der Waals surface area contributed by atoms with E-state index >= 15 is 0 Å². The van der Waals surface area contributed by atoms with Crippen LogP contribution in [0.25, 0.3) is 0 Å².